The van der Waals surface area contributed by atoms with E-state index in [9.17, 15) is 8.78 Å². The average Bonchev–Trinajstić information content (AvgIpc) is 2.14. The molecule has 1 aromatic heterocycles. The van der Waals surface area contributed by atoms with E-state index in [0.29, 0.717) is 12.0 Å². The van der Waals surface area contributed by atoms with E-state index in [1.54, 1.807) is 6.20 Å². The third-order valence-corrected chi connectivity index (χ3v) is 3.01. The second-order valence-electron chi connectivity index (χ2n) is 4.51. The van der Waals surface area contributed by atoms with Crippen molar-refractivity contribution in [1.82, 2.24) is 4.98 Å². The Kier molecular flexibility index (Phi) is 1.88. The molecule has 0 atom stereocenters. The van der Waals surface area contributed by atoms with Crippen LogP contribution in [0.3, 0.4) is 0 Å². The summed E-state index contributed by atoms with van der Waals surface area (Å²) in [5, 5.41) is 0. The molecule has 0 N–H and O–H groups in total. The molecule has 0 amide bonds. The van der Waals surface area contributed by atoms with Gasteiger partial charge in [0, 0.05) is 24.4 Å². The first-order valence-corrected chi connectivity index (χ1v) is 4.76. The Bertz CT molecular complexity index is 323. The number of rotatable bonds is 0. The molecule has 14 heavy (non-hydrogen) atoms. The first kappa shape index (κ1) is 9.56. The van der Waals surface area contributed by atoms with Crippen LogP contribution >= 0.6 is 0 Å². The fourth-order valence-electron chi connectivity index (χ4n) is 1.99. The lowest BCUT2D eigenvalue weighted by Crippen LogP contribution is -2.32. The van der Waals surface area contributed by atoms with Crippen molar-refractivity contribution in [3.8, 4) is 0 Å². The van der Waals surface area contributed by atoms with Gasteiger partial charge in [-0.3, -0.25) is 4.98 Å². The zero-order valence-corrected chi connectivity index (χ0v) is 8.35. The van der Waals surface area contributed by atoms with Gasteiger partial charge in [-0.2, -0.15) is 0 Å². The molecule has 0 aliphatic heterocycles. The second-order valence-corrected chi connectivity index (χ2v) is 4.51. The van der Waals surface area contributed by atoms with Gasteiger partial charge in [-0.25, -0.2) is 8.78 Å². The van der Waals surface area contributed by atoms with Crippen LogP contribution < -0.4 is 0 Å². The highest BCUT2D eigenvalue weighted by Crippen LogP contribution is 2.47. The van der Waals surface area contributed by atoms with Crippen LogP contribution in [0.2, 0.25) is 0 Å². The van der Waals surface area contributed by atoms with Crippen LogP contribution in [0, 0.1) is 0 Å². The molecule has 1 heterocycles. The summed E-state index contributed by atoms with van der Waals surface area (Å²) in [5.74, 6) is -2.67. The van der Waals surface area contributed by atoms with Crippen LogP contribution in [-0.2, 0) is 11.3 Å². The van der Waals surface area contributed by atoms with E-state index in [1.807, 2.05) is 13.8 Å². The Morgan fingerprint density at radius 3 is 2.57 bits per heavy atom. The maximum absolute atomic E-state index is 13.5. The second kappa shape index (κ2) is 2.75. The summed E-state index contributed by atoms with van der Waals surface area (Å²) in [5.41, 5.74) is 0.672. The SMILES string of the molecule is CC1(C)CCC(F)(F)c2ccncc21. The monoisotopic (exact) mass is 197 g/mol. The van der Waals surface area contributed by atoms with Gasteiger partial charge >= 0.3 is 0 Å². The van der Waals surface area contributed by atoms with Gasteiger partial charge in [0.25, 0.3) is 5.92 Å². The molecule has 0 saturated heterocycles. The normalized spacial score (nSPS) is 22.9. The van der Waals surface area contributed by atoms with Crippen LogP contribution in [0.5, 0.6) is 0 Å². The molecule has 0 aromatic carbocycles. The first-order chi connectivity index (χ1) is 6.43. The number of pyridine rings is 1. The Hall–Kier alpha value is -0.990. The van der Waals surface area contributed by atoms with Gasteiger partial charge in [0.2, 0.25) is 0 Å². The highest BCUT2D eigenvalue weighted by atomic mass is 19.3. The van der Waals surface area contributed by atoms with E-state index < -0.39 is 5.92 Å². The topological polar surface area (TPSA) is 12.9 Å². The van der Waals surface area contributed by atoms with Crippen molar-refractivity contribution >= 4 is 0 Å². The Morgan fingerprint density at radius 1 is 1.21 bits per heavy atom. The van der Waals surface area contributed by atoms with Crippen LogP contribution in [0.4, 0.5) is 8.78 Å². The third kappa shape index (κ3) is 1.31. The van der Waals surface area contributed by atoms with Gasteiger partial charge in [-0.1, -0.05) is 13.8 Å². The van der Waals surface area contributed by atoms with Crippen molar-refractivity contribution in [2.45, 2.75) is 38.0 Å². The van der Waals surface area contributed by atoms with Crippen molar-refractivity contribution < 1.29 is 8.78 Å². The third-order valence-electron chi connectivity index (χ3n) is 3.01. The number of hydrogen-bond donors (Lipinski definition) is 0. The molecule has 0 radical (unpaired) electrons. The van der Waals surface area contributed by atoms with Crippen LogP contribution in [0.15, 0.2) is 18.5 Å². The molecule has 3 heteroatoms. The molecule has 0 unspecified atom stereocenters. The van der Waals surface area contributed by atoms with Crippen molar-refractivity contribution in [1.29, 1.82) is 0 Å². The van der Waals surface area contributed by atoms with E-state index in [-0.39, 0.29) is 17.4 Å². The van der Waals surface area contributed by atoms with Gasteiger partial charge in [0.05, 0.1) is 0 Å². The predicted octanol–water partition coefficient (Wildman–Crippen LogP) is 3.24. The molecular formula is C11H13F2N. The van der Waals surface area contributed by atoms with Gasteiger partial charge in [-0.15, -0.1) is 0 Å². The van der Waals surface area contributed by atoms with Crippen LogP contribution in [-0.4, -0.2) is 4.98 Å². The van der Waals surface area contributed by atoms with Crippen molar-refractivity contribution in [3.05, 3.63) is 29.6 Å². The molecule has 76 valence electrons. The van der Waals surface area contributed by atoms with Crippen molar-refractivity contribution in [3.63, 3.8) is 0 Å². The van der Waals surface area contributed by atoms with Gasteiger partial charge in [0.1, 0.15) is 0 Å². The van der Waals surface area contributed by atoms with Crippen LogP contribution in [0.25, 0.3) is 0 Å². The van der Waals surface area contributed by atoms with E-state index in [2.05, 4.69) is 4.98 Å². The number of nitrogens with zero attached hydrogens (tertiary/aromatic N) is 1. The standard InChI is InChI=1S/C11H13F2N/c1-10(2)4-5-11(12,13)8-3-6-14-7-9(8)10/h3,6-7H,4-5H2,1-2H3. The predicted molar refractivity (Wildman–Crippen MR) is 50.4 cm³/mol. The molecule has 0 fully saturated rings. The summed E-state index contributed by atoms with van der Waals surface area (Å²) in [6, 6.07) is 1.44. The number of aromatic nitrogens is 1. The Labute approximate surface area is 82.2 Å². The van der Waals surface area contributed by atoms with Gasteiger partial charge in [0.15, 0.2) is 0 Å². The summed E-state index contributed by atoms with van der Waals surface area (Å²) < 4.78 is 27.0. The van der Waals surface area contributed by atoms with Gasteiger partial charge < -0.3 is 0 Å². The zero-order valence-electron chi connectivity index (χ0n) is 8.35. The lowest BCUT2D eigenvalue weighted by molar-refractivity contribution is -0.0308. The summed E-state index contributed by atoms with van der Waals surface area (Å²) in [6.45, 7) is 3.98. The smallest absolute Gasteiger partial charge is 0.264 e. The number of hydrogen-bond acceptors (Lipinski definition) is 1. The lowest BCUT2D eigenvalue weighted by atomic mass is 9.72. The van der Waals surface area contributed by atoms with Crippen molar-refractivity contribution in [2.24, 2.45) is 0 Å². The molecule has 2 rings (SSSR count). The number of halogens is 2. The van der Waals surface area contributed by atoms with E-state index in [4.69, 9.17) is 0 Å². The maximum Gasteiger partial charge on any atom is 0.273 e. The maximum atomic E-state index is 13.5. The van der Waals surface area contributed by atoms with Crippen molar-refractivity contribution in [2.75, 3.05) is 0 Å². The van der Waals surface area contributed by atoms with Gasteiger partial charge in [-0.05, 0) is 23.5 Å². The summed E-state index contributed by atoms with van der Waals surface area (Å²) >= 11 is 0. The zero-order chi connectivity index (χ0) is 10.4. The highest BCUT2D eigenvalue weighted by molar-refractivity contribution is 5.36. The van der Waals surface area contributed by atoms with E-state index >= 15 is 0 Å². The minimum absolute atomic E-state index is 0.0585. The van der Waals surface area contributed by atoms with E-state index in [0.717, 1.165) is 0 Å². The summed E-state index contributed by atoms with van der Waals surface area (Å²) in [4.78, 5) is 3.93. The summed E-state index contributed by atoms with van der Waals surface area (Å²) in [7, 11) is 0. The molecule has 1 aromatic rings. The summed E-state index contributed by atoms with van der Waals surface area (Å²) in [6.07, 6.45) is 3.46. The molecular weight excluding hydrogens is 184 g/mol. The largest absolute Gasteiger partial charge is 0.273 e. The minimum atomic E-state index is -2.67. The average molecular weight is 197 g/mol. The van der Waals surface area contributed by atoms with Crippen LogP contribution in [0.1, 0.15) is 37.8 Å². The fraction of sp³-hybridized carbons (Fsp3) is 0.545. The number of fused-ring (bicyclic) bond motifs is 1. The molecule has 0 saturated carbocycles. The molecule has 1 aliphatic rings. The lowest BCUT2D eigenvalue weighted by Gasteiger charge is -2.36. The molecule has 1 nitrogen and oxygen atoms in total. The first-order valence-electron chi connectivity index (χ1n) is 4.76. The Morgan fingerprint density at radius 2 is 1.93 bits per heavy atom. The minimum Gasteiger partial charge on any atom is -0.264 e. The van der Waals surface area contributed by atoms with E-state index in [1.165, 1.54) is 12.3 Å². The fourth-order valence-corrected chi connectivity index (χ4v) is 1.99. The molecule has 1 aliphatic carbocycles. The molecule has 0 bridgehead atoms. The molecule has 0 spiro atoms. The quantitative estimate of drug-likeness (QED) is 0.622. The number of alkyl halides is 2. The highest BCUT2D eigenvalue weighted by Gasteiger charge is 2.43. The Balaban J connectivity index is 2.61.